The third kappa shape index (κ3) is 6.46. The molecule has 0 aromatic rings. The average molecular weight is 279 g/mol. The van der Waals surface area contributed by atoms with Crippen LogP contribution in [0.25, 0.3) is 0 Å². The van der Waals surface area contributed by atoms with Crippen LogP contribution in [0.2, 0.25) is 0 Å². The minimum absolute atomic E-state index is 0.879. The topological polar surface area (TPSA) is 0 Å². The van der Waals surface area contributed by atoms with Gasteiger partial charge in [-0.3, -0.25) is 0 Å². The highest BCUT2D eigenvalue weighted by atomic mass is 14.3. The maximum Gasteiger partial charge on any atom is -0.0317 e. The van der Waals surface area contributed by atoms with Crippen molar-refractivity contribution in [3.05, 3.63) is 11.6 Å². The Bertz CT molecular complexity index is 276. The molecule has 118 valence electrons. The first-order chi connectivity index (χ1) is 9.40. The zero-order valence-electron chi connectivity index (χ0n) is 14.9. The van der Waals surface area contributed by atoms with E-state index in [2.05, 4.69) is 47.6 Å². The van der Waals surface area contributed by atoms with Gasteiger partial charge in [-0.2, -0.15) is 0 Å². The van der Waals surface area contributed by atoms with Crippen LogP contribution in [-0.2, 0) is 0 Å². The van der Waals surface area contributed by atoms with Gasteiger partial charge in [-0.05, 0) is 68.6 Å². The van der Waals surface area contributed by atoms with Gasteiger partial charge in [-0.1, -0.05) is 59.1 Å². The molecule has 0 bridgehead atoms. The highest BCUT2D eigenvalue weighted by Crippen LogP contribution is 2.32. The first-order valence-electron chi connectivity index (χ1n) is 9.05. The standard InChI is InChI=1S/C10H20.C10H18/c2*1-8(2)10-6-4-9(3)5-7-10/h8-10H,4-7H2,1-3H3;4,8,10H,5-7H2,1-3H3. The second-order valence-electron chi connectivity index (χ2n) is 8.09. The summed E-state index contributed by atoms with van der Waals surface area (Å²) in [5, 5.41) is 0. The monoisotopic (exact) mass is 278 g/mol. The smallest absolute Gasteiger partial charge is 0.0317 e. The fraction of sp³-hybridized carbons (Fsp3) is 0.900. The van der Waals surface area contributed by atoms with E-state index in [1.165, 1.54) is 44.9 Å². The normalized spacial score (nSPS) is 30.8. The Labute approximate surface area is 128 Å². The van der Waals surface area contributed by atoms with Gasteiger partial charge in [0.2, 0.25) is 0 Å². The summed E-state index contributed by atoms with van der Waals surface area (Å²) in [7, 11) is 0. The van der Waals surface area contributed by atoms with Crippen molar-refractivity contribution in [2.24, 2.45) is 29.6 Å². The quantitative estimate of drug-likeness (QED) is 0.484. The lowest BCUT2D eigenvalue weighted by Crippen LogP contribution is -2.16. The van der Waals surface area contributed by atoms with Crippen molar-refractivity contribution in [3.8, 4) is 0 Å². The minimum Gasteiger partial charge on any atom is -0.0853 e. The summed E-state index contributed by atoms with van der Waals surface area (Å²) >= 11 is 0. The highest BCUT2D eigenvalue weighted by Gasteiger charge is 2.20. The van der Waals surface area contributed by atoms with Crippen molar-refractivity contribution >= 4 is 0 Å². The van der Waals surface area contributed by atoms with Crippen LogP contribution in [0.1, 0.15) is 86.5 Å². The predicted molar refractivity (Wildman–Crippen MR) is 91.9 cm³/mol. The van der Waals surface area contributed by atoms with Crippen molar-refractivity contribution in [3.63, 3.8) is 0 Å². The number of hydrogen-bond acceptors (Lipinski definition) is 0. The van der Waals surface area contributed by atoms with E-state index < -0.39 is 0 Å². The van der Waals surface area contributed by atoms with Gasteiger partial charge < -0.3 is 0 Å². The maximum atomic E-state index is 2.41. The number of hydrogen-bond donors (Lipinski definition) is 0. The molecule has 1 unspecified atom stereocenters. The van der Waals surface area contributed by atoms with E-state index >= 15 is 0 Å². The molecule has 0 amide bonds. The van der Waals surface area contributed by atoms with Crippen LogP contribution in [0.4, 0.5) is 0 Å². The zero-order valence-corrected chi connectivity index (χ0v) is 14.9. The summed E-state index contributed by atoms with van der Waals surface area (Å²) < 4.78 is 0. The molecule has 2 aliphatic carbocycles. The molecule has 1 atom stereocenters. The fourth-order valence-corrected chi connectivity index (χ4v) is 3.54. The lowest BCUT2D eigenvalue weighted by molar-refractivity contribution is 0.234. The van der Waals surface area contributed by atoms with E-state index in [0.717, 1.165) is 29.6 Å². The van der Waals surface area contributed by atoms with Crippen molar-refractivity contribution in [2.75, 3.05) is 0 Å². The number of rotatable bonds is 2. The summed E-state index contributed by atoms with van der Waals surface area (Å²) in [6.07, 6.45) is 12.4. The van der Waals surface area contributed by atoms with Gasteiger partial charge in [0.25, 0.3) is 0 Å². The molecule has 0 heterocycles. The minimum atomic E-state index is 0.879. The largest absolute Gasteiger partial charge is 0.0853 e. The lowest BCUT2D eigenvalue weighted by atomic mass is 9.78. The Morgan fingerprint density at radius 1 is 0.850 bits per heavy atom. The van der Waals surface area contributed by atoms with E-state index in [4.69, 9.17) is 0 Å². The molecule has 0 aromatic carbocycles. The molecule has 0 heteroatoms. The molecule has 0 radical (unpaired) electrons. The Morgan fingerprint density at radius 2 is 1.40 bits per heavy atom. The Balaban J connectivity index is 0.000000200. The van der Waals surface area contributed by atoms with Gasteiger partial charge in [-0.25, -0.2) is 0 Å². The van der Waals surface area contributed by atoms with E-state index in [-0.39, 0.29) is 0 Å². The Kier molecular flexibility index (Phi) is 7.92. The van der Waals surface area contributed by atoms with Crippen molar-refractivity contribution in [1.82, 2.24) is 0 Å². The lowest BCUT2D eigenvalue weighted by Gasteiger charge is -2.28. The van der Waals surface area contributed by atoms with Crippen LogP contribution >= 0.6 is 0 Å². The second kappa shape index (κ2) is 8.90. The molecule has 1 fully saturated rings. The average Bonchev–Trinajstić information content (AvgIpc) is 2.40. The van der Waals surface area contributed by atoms with E-state index in [9.17, 15) is 0 Å². The zero-order chi connectivity index (χ0) is 15.1. The van der Waals surface area contributed by atoms with Gasteiger partial charge in [0.05, 0.1) is 0 Å². The molecule has 0 nitrogen and oxygen atoms in total. The van der Waals surface area contributed by atoms with Crippen molar-refractivity contribution in [2.45, 2.75) is 86.5 Å². The molecule has 0 N–H and O–H groups in total. The van der Waals surface area contributed by atoms with Gasteiger partial charge in [-0.15, -0.1) is 0 Å². The third-order valence-electron chi connectivity index (χ3n) is 5.62. The SMILES string of the molecule is CC1=CCC(C(C)C)CC1.CC1CCC(C(C)C)CC1. The first kappa shape index (κ1) is 17.8. The molecule has 0 aromatic heterocycles. The highest BCUT2D eigenvalue weighted by molar-refractivity contribution is 5.03. The molecule has 0 spiro atoms. The molecular formula is C20H38. The van der Waals surface area contributed by atoms with Gasteiger partial charge in [0, 0.05) is 0 Å². The molecule has 1 saturated carbocycles. The third-order valence-corrected chi connectivity index (χ3v) is 5.62. The summed E-state index contributed by atoms with van der Waals surface area (Å²) in [6, 6.07) is 0. The summed E-state index contributed by atoms with van der Waals surface area (Å²) in [4.78, 5) is 0. The second-order valence-corrected chi connectivity index (χ2v) is 8.09. The molecule has 20 heavy (non-hydrogen) atoms. The molecule has 2 rings (SSSR count). The van der Waals surface area contributed by atoms with Gasteiger partial charge >= 0.3 is 0 Å². The predicted octanol–water partition coefficient (Wildman–Crippen LogP) is 6.86. The molecule has 0 saturated heterocycles. The molecular weight excluding hydrogens is 240 g/mol. The Hall–Kier alpha value is -0.260. The van der Waals surface area contributed by atoms with Crippen molar-refractivity contribution < 1.29 is 0 Å². The summed E-state index contributed by atoms with van der Waals surface area (Å²) in [5.74, 6) is 4.81. The van der Waals surface area contributed by atoms with Gasteiger partial charge in [0.1, 0.15) is 0 Å². The van der Waals surface area contributed by atoms with Crippen LogP contribution < -0.4 is 0 Å². The first-order valence-corrected chi connectivity index (χ1v) is 9.05. The molecule has 0 aliphatic heterocycles. The van der Waals surface area contributed by atoms with Crippen LogP contribution in [0.15, 0.2) is 11.6 Å². The van der Waals surface area contributed by atoms with Crippen LogP contribution in [0, 0.1) is 29.6 Å². The Morgan fingerprint density at radius 3 is 1.80 bits per heavy atom. The van der Waals surface area contributed by atoms with Crippen molar-refractivity contribution in [1.29, 1.82) is 0 Å². The van der Waals surface area contributed by atoms with E-state index in [1.807, 2.05) is 0 Å². The van der Waals surface area contributed by atoms with Crippen LogP contribution in [-0.4, -0.2) is 0 Å². The number of allylic oxidation sites excluding steroid dienone is 2. The summed E-state index contributed by atoms with van der Waals surface area (Å²) in [6.45, 7) is 14.0. The van der Waals surface area contributed by atoms with E-state index in [0.29, 0.717) is 0 Å². The summed E-state index contributed by atoms with van der Waals surface area (Å²) in [5.41, 5.74) is 1.59. The van der Waals surface area contributed by atoms with Gasteiger partial charge in [0.15, 0.2) is 0 Å². The maximum absolute atomic E-state index is 2.41. The van der Waals surface area contributed by atoms with E-state index in [1.54, 1.807) is 5.57 Å². The molecule has 2 aliphatic rings. The fourth-order valence-electron chi connectivity index (χ4n) is 3.54. The van der Waals surface area contributed by atoms with Crippen LogP contribution in [0.5, 0.6) is 0 Å². The van der Waals surface area contributed by atoms with Crippen LogP contribution in [0.3, 0.4) is 0 Å².